The van der Waals surface area contributed by atoms with Crippen molar-refractivity contribution in [2.75, 3.05) is 6.61 Å². The van der Waals surface area contributed by atoms with Crippen LogP contribution in [0.1, 0.15) is 37.6 Å². The van der Waals surface area contributed by atoms with Crippen molar-refractivity contribution in [2.45, 2.75) is 45.4 Å². The number of primary amides is 1. The number of nitrogens with zero attached hydrogens (tertiary/aromatic N) is 2. The minimum Gasteiger partial charge on any atom is -0.475 e. The van der Waals surface area contributed by atoms with E-state index in [1.807, 2.05) is 25.7 Å². The summed E-state index contributed by atoms with van der Waals surface area (Å²) < 4.78 is 20.7. The van der Waals surface area contributed by atoms with Gasteiger partial charge in [0.2, 0.25) is 11.8 Å². The molecule has 1 aromatic carbocycles. The number of nitrogens with two attached hydrogens (primary N) is 1. The fourth-order valence-corrected chi connectivity index (χ4v) is 3.98. The summed E-state index contributed by atoms with van der Waals surface area (Å²) in [5.41, 5.74) is 6.31. The molecule has 1 saturated heterocycles. The van der Waals surface area contributed by atoms with Gasteiger partial charge in [-0.15, -0.1) is 0 Å². The number of carbonyl (C=O) groups excluding carboxylic acids is 1. The van der Waals surface area contributed by atoms with Crippen LogP contribution in [0.4, 0.5) is 4.39 Å². The van der Waals surface area contributed by atoms with E-state index in [0.29, 0.717) is 30.2 Å². The summed E-state index contributed by atoms with van der Waals surface area (Å²) in [6.07, 6.45) is 1.29. The standard InChI is InChI=1S/C21H26FN3O2/c1-5-16-18(25(12(2)3)13(4)19(16)22)11-27-21-17-7-6-15(20(23)26)10-14(17)8-9-24-21/h6-10,12,16,18-19H,4-5,11H2,1-3H3,(H2,23,26)/t16-,18+,19+/m0/s1. The van der Waals surface area contributed by atoms with Crippen molar-refractivity contribution in [1.29, 1.82) is 0 Å². The fraction of sp³-hybridized carbons (Fsp3) is 0.429. The van der Waals surface area contributed by atoms with Crippen LogP contribution >= 0.6 is 0 Å². The summed E-state index contributed by atoms with van der Waals surface area (Å²) in [4.78, 5) is 17.7. The molecule has 1 amide bonds. The van der Waals surface area contributed by atoms with Gasteiger partial charge in [-0.05, 0) is 49.9 Å². The Labute approximate surface area is 159 Å². The lowest BCUT2D eigenvalue weighted by atomic mass is 9.96. The molecule has 0 spiro atoms. The average Bonchev–Trinajstić information content (AvgIpc) is 2.89. The lowest BCUT2D eigenvalue weighted by Crippen LogP contribution is -2.41. The van der Waals surface area contributed by atoms with Crippen molar-refractivity contribution in [3.05, 3.63) is 48.3 Å². The highest BCUT2D eigenvalue weighted by molar-refractivity contribution is 5.98. The van der Waals surface area contributed by atoms with Crippen LogP contribution in [0.5, 0.6) is 5.88 Å². The summed E-state index contributed by atoms with van der Waals surface area (Å²) in [5.74, 6) is -0.167. The third kappa shape index (κ3) is 3.48. The normalized spacial score (nSPS) is 22.6. The van der Waals surface area contributed by atoms with E-state index >= 15 is 0 Å². The zero-order valence-corrected chi connectivity index (χ0v) is 16.0. The Hall–Kier alpha value is -2.63. The Kier molecular flexibility index (Phi) is 5.35. The van der Waals surface area contributed by atoms with Gasteiger partial charge in [0.25, 0.3) is 0 Å². The smallest absolute Gasteiger partial charge is 0.248 e. The minimum atomic E-state index is -1.05. The van der Waals surface area contributed by atoms with Crippen LogP contribution in [-0.4, -0.2) is 40.7 Å². The lowest BCUT2D eigenvalue weighted by Gasteiger charge is -2.32. The Morgan fingerprint density at radius 3 is 2.78 bits per heavy atom. The maximum absolute atomic E-state index is 14.7. The van der Waals surface area contributed by atoms with Crippen LogP contribution in [0.3, 0.4) is 0 Å². The second-order valence-corrected chi connectivity index (χ2v) is 7.26. The topological polar surface area (TPSA) is 68.5 Å². The molecule has 0 saturated carbocycles. The van der Waals surface area contributed by atoms with Gasteiger partial charge in [0.1, 0.15) is 12.8 Å². The van der Waals surface area contributed by atoms with Crippen LogP contribution in [0, 0.1) is 5.92 Å². The fourth-order valence-electron chi connectivity index (χ4n) is 3.98. The first-order valence-electron chi connectivity index (χ1n) is 9.27. The van der Waals surface area contributed by atoms with Crippen molar-refractivity contribution in [3.63, 3.8) is 0 Å². The molecule has 2 aromatic rings. The molecule has 3 atom stereocenters. The number of hydrogen-bond donors (Lipinski definition) is 1. The third-order valence-corrected chi connectivity index (χ3v) is 5.31. The van der Waals surface area contributed by atoms with E-state index in [4.69, 9.17) is 10.5 Å². The van der Waals surface area contributed by atoms with Crippen molar-refractivity contribution in [2.24, 2.45) is 11.7 Å². The number of pyridine rings is 1. The van der Waals surface area contributed by atoms with Gasteiger partial charge >= 0.3 is 0 Å². The van der Waals surface area contributed by atoms with Gasteiger partial charge in [-0.2, -0.15) is 0 Å². The van der Waals surface area contributed by atoms with Crippen molar-refractivity contribution >= 4 is 16.7 Å². The lowest BCUT2D eigenvalue weighted by molar-refractivity contribution is 0.100. The Bertz CT molecular complexity index is 868. The zero-order valence-electron chi connectivity index (χ0n) is 16.0. The molecule has 0 radical (unpaired) electrons. The van der Waals surface area contributed by atoms with Crippen LogP contribution in [-0.2, 0) is 0 Å². The van der Waals surface area contributed by atoms with Crippen molar-refractivity contribution in [1.82, 2.24) is 9.88 Å². The van der Waals surface area contributed by atoms with Crippen molar-refractivity contribution < 1.29 is 13.9 Å². The number of fused-ring (bicyclic) bond motifs is 1. The molecule has 27 heavy (non-hydrogen) atoms. The van der Waals surface area contributed by atoms with Crippen LogP contribution in [0.2, 0.25) is 0 Å². The number of amides is 1. The first-order chi connectivity index (χ1) is 12.8. The number of hydrogen-bond acceptors (Lipinski definition) is 4. The maximum atomic E-state index is 14.7. The molecule has 1 aromatic heterocycles. The predicted octanol–water partition coefficient (Wildman–Crippen LogP) is 3.68. The van der Waals surface area contributed by atoms with E-state index < -0.39 is 12.1 Å². The highest BCUT2D eigenvalue weighted by atomic mass is 19.1. The predicted molar refractivity (Wildman–Crippen MR) is 104 cm³/mol. The Balaban J connectivity index is 1.87. The van der Waals surface area contributed by atoms with E-state index in [9.17, 15) is 9.18 Å². The summed E-state index contributed by atoms with van der Waals surface area (Å²) in [7, 11) is 0. The van der Waals surface area contributed by atoms with Gasteiger partial charge in [0.05, 0.1) is 6.04 Å². The second kappa shape index (κ2) is 7.55. The molecule has 3 rings (SSSR count). The number of carbonyl (C=O) groups is 1. The summed E-state index contributed by atoms with van der Waals surface area (Å²) >= 11 is 0. The number of allylic oxidation sites excluding steroid dienone is 1. The first-order valence-corrected chi connectivity index (χ1v) is 9.27. The molecule has 6 heteroatoms. The number of alkyl halides is 1. The SMILES string of the molecule is C=C1[C@@H](F)[C@@H](CC)[C@@H](COc2nccc3cc(C(N)=O)ccc23)N1C(C)C. The maximum Gasteiger partial charge on any atom is 0.248 e. The van der Waals surface area contributed by atoms with E-state index in [1.54, 1.807) is 30.5 Å². The summed E-state index contributed by atoms with van der Waals surface area (Å²) in [5, 5.41) is 1.61. The molecule has 1 aliphatic rings. The van der Waals surface area contributed by atoms with Crippen molar-refractivity contribution in [3.8, 4) is 5.88 Å². The van der Waals surface area contributed by atoms with Gasteiger partial charge in [-0.25, -0.2) is 9.37 Å². The molecule has 2 N–H and O–H groups in total. The number of aromatic nitrogens is 1. The molecular formula is C21H26FN3O2. The summed E-state index contributed by atoms with van der Waals surface area (Å²) in [6.45, 7) is 10.3. The molecule has 0 aliphatic carbocycles. The monoisotopic (exact) mass is 371 g/mol. The number of ether oxygens (including phenoxy) is 1. The summed E-state index contributed by atoms with van der Waals surface area (Å²) in [6, 6.07) is 7.00. The van der Waals surface area contributed by atoms with E-state index in [1.165, 1.54) is 0 Å². The van der Waals surface area contributed by atoms with Crippen LogP contribution in [0.25, 0.3) is 10.8 Å². The highest BCUT2D eigenvalue weighted by Gasteiger charge is 2.44. The number of rotatable bonds is 6. The molecule has 2 heterocycles. The quantitative estimate of drug-likeness (QED) is 0.841. The van der Waals surface area contributed by atoms with E-state index in [-0.39, 0.29) is 18.0 Å². The molecule has 1 fully saturated rings. The molecule has 144 valence electrons. The highest BCUT2D eigenvalue weighted by Crippen LogP contribution is 2.38. The van der Waals surface area contributed by atoms with Gasteiger partial charge in [0.15, 0.2) is 0 Å². The van der Waals surface area contributed by atoms with Crippen LogP contribution < -0.4 is 10.5 Å². The number of halogens is 1. The van der Waals surface area contributed by atoms with Gasteiger partial charge < -0.3 is 15.4 Å². The molecule has 1 aliphatic heterocycles. The van der Waals surface area contributed by atoms with Gasteiger partial charge in [0, 0.05) is 34.8 Å². The molecule has 0 unspecified atom stereocenters. The Morgan fingerprint density at radius 1 is 1.41 bits per heavy atom. The average molecular weight is 371 g/mol. The Morgan fingerprint density at radius 2 is 2.15 bits per heavy atom. The molecule has 0 bridgehead atoms. The van der Waals surface area contributed by atoms with Gasteiger partial charge in [-0.3, -0.25) is 4.79 Å². The molecular weight excluding hydrogens is 345 g/mol. The van der Waals surface area contributed by atoms with Crippen LogP contribution in [0.15, 0.2) is 42.7 Å². The second-order valence-electron chi connectivity index (χ2n) is 7.26. The number of likely N-dealkylation sites (tertiary alicyclic amines) is 1. The van der Waals surface area contributed by atoms with Gasteiger partial charge in [-0.1, -0.05) is 13.5 Å². The van der Waals surface area contributed by atoms with E-state index in [0.717, 1.165) is 10.8 Å². The first kappa shape index (κ1) is 19.1. The zero-order chi connectivity index (χ0) is 19.7. The molecule has 5 nitrogen and oxygen atoms in total. The minimum absolute atomic E-state index is 0.0977. The third-order valence-electron chi connectivity index (χ3n) is 5.31. The number of benzene rings is 1. The largest absolute Gasteiger partial charge is 0.475 e. The van der Waals surface area contributed by atoms with E-state index in [2.05, 4.69) is 11.6 Å².